The molecule has 0 spiro atoms. The van der Waals surface area contributed by atoms with Crippen LogP contribution in [0.2, 0.25) is 0 Å². The predicted octanol–water partition coefficient (Wildman–Crippen LogP) is 2.31. The van der Waals surface area contributed by atoms with E-state index in [0.29, 0.717) is 18.0 Å². The van der Waals surface area contributed by atoms with E-state index in [2.05, 4.69) is 10.4 Å². The normalized spacial score (nSPS) is 12.2. The van der Waals surface area contributed by atoms with E-state index in [0.717, 1.165) is 11.3 Å². The Bertz CT molecular complexity index is 580. The van der Waals surface area contributed by atoms with Gasteiger partial charge in [0.25, 0.3) is 5.91 Å². The number of hydrogen-bond donors (Lipinski definition) is 1. The van der Waals surface area contributed by atoms with E-state index in [1.165, 1.54) is 0 Å². The van der Waals surface area contributed by atoms with Gasteiger partial charge in [-0.05, 0) is 25.0 Å². The number of aryl methyl sites for hydroxylation is 2. The molecule has 1 aromatic heterocycles. The fraction of sp³-hybridized carbons (Fsp3) is 0.333. The Morgan fingerprint density at radius 3 is 2.65 bits per heavy atom. The van der Waals surface area contributed by atoms with Crippen LogP contribution in [0.25, 0.3) is 0 Å². The van der Waals surface area contributed by atoms with E-state index in [-0.39, 0.29) is 11.9 Å². The van der Waals surface area contributed by atoms with Gasteiger partial charge >= 0.3 is 0 Å². The molecule has 5 heteroatoms. The van der Waals surface area contributed by atoms with Crippen molar-refractivity contribution < 1.29 is 4.79 Å². The number of carbonyl (C=O) groups is 1. The Balaban J connectivity index is 2.03. The van der Waals surface area contributed by atoms with Crippen LogP contribution in [0.15, 0.2) is 36.4 Å². The molecule has 0 aliphatic rings. The summed E-state index contributed by atoms with van der Waals surface area (Å²) in [6.45, 7) is 1.86. The number of nitrogens with one attached hydrogen (secondary N) is 1. The number of nitrogens with zero attached hydrogens (tertiary/aromatic N) is 2. The third-order valence-corrected chi connectivity index (χ3v) is 3.45. The van der Waals surface area contributed by atoms with Crippen LogP contribution in [0.1, 0.15) is 21.7 Å². The van der Waals surface area contributed by atoms with E-state index in [1.807, 2.05) is 37.3 Å². The van der Waals surface area contributed by atoms with Crippen LogP contribution in [-0.2, 0) is 13.5 Å². The molecule has 106 valence electrons. The number of halogens is 1. The van der Waals surface area contributed by atoms with E-state index < -0.39 is 0 Å². The van der Waals surface area contributed by atoms with Gasteiger partial charge in [0.15, 0.2) is 0 Å². The molecule has 4 nitrogen and oxygen atoms in total. The minimum atomic E-state index is -0.144. The number of alkyl halides is 1. The monoisotopic (exact) mass is 291 g/mol. The minimum Gasteiger partial charge on any atom is -0.346 e. The molecule has 0 bridgehead atoms. The Morgan fingerprint density at radius 2 is 2.10 bits per heavy atom. The van der Waals surface area contributed by atoms with Crippen LogP contribution >= 0.6 is 11.6 Å². The molecule has 0 fully saturated rings. The van der Waals surface area contributed by atoms with Crippen molar-refractivity contribution in [2.24, 2.45) is 7.05 Å². The second-order valence-electron chi connectivity index (χ2n) is 4.81. The third-order valence-electron chi connectivity index (χ3n) is 3.08. The van der Waals surface area contributed by atoms with Crippen molar-refractivity contribution in [2.75, 3.05) is 5.88 Å². The van der Waals surface area contributed by atoms with E-state index in [1.54, 1.807) is 17.8 Å². The topological polar surface area (TPSA) is 46.9 Å². The van der Waals surface area contributed by atoms with Gasteiger partial charge in [0.2, 0.25) is 0 Å². The summed E-state index contributed by atoms with van der Waals surface area (Å²) in [5.74, 6) is 0.229. The van der Waals surface area contributed by atoms with Gasteiger partial charge < -0.3 is 5.32 Å². The van der Waals surface area contributed by atoms with Crippen molar-refractivity contribution in [3.63, 3.8) is 0 Å². The molecule has 1 heterocycles. The van der Waals surface area contributed by atoms with Gasteiger partial charge in [-0.1, -0.05) is 30.3 Å². The van der Waals surface area contributed by atoms with Gasteiger partial charge in [0.1, 0.15) is 5.69 Å². The molecule has 0 radical (unpaired) electrons. The minimum absolute atomic E-state index is 0.0956. The first-order valence-corrected chi connectivity index (χ1v) is 7.05. The number of rotatable bonds is 5. The summed E-state index contributed by atoms with van der Waals surface area (Å²) in [4.78, 5) is 12.2. The summed E-state index contributed by atoms with van der Waals surface area (Å²) in [6, 6.07) is 11.7. The van der Waals surface area contributed by atoms with Crippen molar-refractivity contribution in [2.45, 2.75) is 19.4 Å². The smallest absolute Gasteiger partial charge is 0.269 e. The molecule has 1 aromatic carbocycles. The zero-order valence-electron chi connectivity index (χ0n) is 11.6. The Labute approximate surface area is 123 Å². The Morgan fingerprint density at radius 1 is 1.40 bits per heavy atom. The molecular formula is C15H18ClN3O. The molecule has 0 saturated carbocycles. The molecular weight excluding hydrogens is 274 g/mol. The number of amides is 1. The van der Waals surface area contributed by atoms with Crippen LogP contribution in [0, 0.1) is 6.92 Å². The number of hydrogen-bond acceptors (Lipinski definition) is 2. The lowest BCUT2D eigenvalue weighted by molar-refractivity contribution is 0.0931. The zero-order chi connectivity index (χ0) is 14.5. The second kappa shape index (κ2) is 6.57. The quantitative estimate of drug-likeness (QED) is 0.859. The molecule has 0 aliphatic carbocycles. The fourth-order valence-electron chi connectivity index (χ4n) is 2.13. The maximum Gasteiger partial charge on any atom is 0.269 e. The number of aromatic nitrogens is 2. The molecule has 0 aliphatic heterocycles. The summed E-state index contributed by atoms with van der Waals surface area (Å²) in [5.41, 5.74) is 2.52. The van der Waals surface area contributed by atoms with Crippen molar-refractivity contribution >= 4 is 17.5 Å². The van der Waals surface area contributed by atoms with Gasteiger partial charge in [-0.2, -0.15) is 5.10 Å². The molecule has 0 saturated heterocycles. The summed E-state index contributed by atoms with van der Waals surface area (Å²) in [6.07, 6.45) is 0.715. The SMILES string of the molecule is Cc1cc(C(=O)NC(CCl)Cc2ccccc2)n(C)n1. The van der Waals surface area contributed by atoms with Crippen molar-refractivity contribution in [1.82, 2.24) is 15.1 Å². The largest absolute Gasteiger partial charge is 0.346 e. The van der Waals surface area contributed by atoms with Gasteiger partial charge in [0.05, 0.1) is 5.69 Å². The van der Waals surface area contributed by atoms with Gasteiger partial charge in [0, 0.05) is 19.0 Å². The van der Waals surface area contributed by atoms with Crippen molar-refractivity contribution in [1.29, 1.82) is 0 Å². The summed E-state index contributed by atoms with van der Waals surface area (Å²) < 4.78 is 1.58. The molecule has 20 heavy (non-hydrogen) atoms. The summed E-state index contributed by atoms with van der Waals surface area (Å²) in [7, 11) is 1.76. The molecule has 1 amide bonds. The third kappa shape index (κ3) is 3.61. The highest BCUT2D eigenvalue weighted by molar-refractivity contribution is 6.18. The standard InChI is InChI=1S/C15H18ClN3O/c1-11-8-14(19(2)18-11)15(20)17-13(10-16)9-12-6-4-3-5-7-12/h3-8,13H,9-10H2,1-2H3,(H,17,20). The maximum atomic E-state index is 12.2. The Kier molecular flexibility index (Phi) is 4.79. The highest BCUT2D eigenvalue weighted by atomic mass is 35.5. The maximum absolute atomic E-state index is 12.2. The van der Waals surface area contributed by atoms with Crippen LogP contribution < -0.4 is 5.32 Å². The summed E-state index contributed by atoms with van der Waals surface area (Å²) in [5, 5.41) is 7.13. The first kappa shape index (κ1) is 14.6. The van der Waals surface area contributed by atoms with Crippen molar-refractivity contribution in [3.8, 4) is 0 Å². The fourth-order valence-corrected chi connectivity index (χ4v) is 2.31. The van der Waals surface area contributed by atoms with Gasteiger partial charge in [-0.25, -0.2) is 0 Å². The molecule has 2 rings (SSSR count). The highest BCUT2D eigenvalue weighted by Crippen LogP contribution is 2.07. The average Bonchev–Trinajstić information content (AvgIpc) is 2.78. The second-order valence-corrected chi connectivity index (χ2v) is 5.12. The lowest BCUT2D eigenvalue weighted by Crippen LogP contribution is -2.38. The lowest BCUT2D eigenvalue weighted by atomic mass is 10.1. The lowest BCUT2D eigenvalue weighted by Gasteiger charge is -2.16. The van der Waals surface area contributed by atoms with Crippen LogP contribution in [0.3, 0.4) is 0 Å². The highest BCUT2D eigenvalue weighted by Gasteiger charge is 2.16. The molecule has 1 N–H and O–H groups in total. The number of carbonyl (C=O) groups excluding carboxylic acids is 1. The molecule has 1 atom stereocenters. The van der Waals surface area contributed by atoms with Gasteiger partial charge in [-0.3, -0.25) is 9.48 Å². The van der Waals surface area contributed by atoms with Crippen LogP contribution in [-0.4, -0.2) is 27.6 Å². The van der Waals surface area contributed by atoms with Crippen molar-refractivity contribution in [3.05, 3.63) is 53.3 Å². The zero-order valence-corrected chi connectivity index (χ0v) is 12.4. The van der Waals surface area contributed by atoms with Crippen LogP contribution in [0.4, 0.5) is 0 Å². The van der Waals surface area contributed by atoms with E-state index in [4.69, 9.17) is 11.6 Å². The van der Waals surface area contributed by atoms with Gasteiger partial charge in [-0.15, -0.1) is 11.6 Å². The van der Waals surface area contributed by atoms with E-state index >= 15 is 0 Å². The first-order chi connectivity index (χ1) is 9.60. The van der Waals surface area contributed by atoms with Crippen LogP contribution in [0.5, 0.6) is 0 Å². The number of benzene rings is 1. The predicted molar refractivity (Wildman–Crippen MR) is 80.1 cm³/mol. The first-order valence-electron chi connectivity index (χ1n) is 6.51. The molecule has 1 unspecified atom stereocenters. The average molecular weight is 292 g/mol. The molecule has 2 aromatic rings. The summed E-state index contributed by atoms with van der Waals surface area (Å²) >= 11 is 5.96. The van der Waals surface area contributed by atoms with E-state index in [9.17, 15) is 4.79 Å². The Hall–Kier alpha value is -1.81.